The maximum atomic E-state index is 5.47. The van der Waals surface area contributed by atoms with Crippen LogP contribution in [0, 0.1) is 0 Å². The third-order valence-corrected chi connectivity index (χ3v) is 4.15. The van der Waals surface area contributed by atoms with E-state index >= 15 is 0 Å². The van der Waals surface area contributed by atoms with Gasteiger partial charge in [0, 0.05) is 5.33 Å². The van der Waals surface area contributed by atoms with Gasteiger partial charge >= 0.3 is 0 Å². The van der Waals surface area contributed by atoms with Gasteiger partial charge in [-0.2, -0.15) is 0 Å². The SMILES string of the molecule is NCCCCCCCCCCCCCCCCBr. The van der Waals surface area contributed by atoms with Crippen molar-refractivity contribution in [3.05, 3.63) is 0 Å². The fraction of sp³-hybridized carbons (Fsp3) is 1.00. The highest BCUT2D eigenvalue weighted by molar-refractivity contribution is 9.09. The Morgan fingerprint density at radius 1 is 0.444 bits per heavy atom. The minimum atomic E-state index is 0.871. The van der Waals surface area contributed by atoms with Gasteiger partial charge in [0.2, 0.25) is 0 Å². The summed E-state index contributed by atoms with van der Waals surface area (Å²) in [7, 11) is 0. The Hall–Kier alpha value is 0.440. The van der Waals surface area contributed by atoms with Crippen molar-refractivity contribution in [3.8, 4) is 0 Å². The zero-order valence-corrected chi connectivity index (χ0v) is 13.9. The van der Waals surface area contributed by atoms with Gasteiger partial charge in [-0.15, -0.1) is 0 Å². The first-order chi connectivity index (χ1) is 8.91. The van der Waals surface area contributed by atoms with Crippen LogP contribution in [0.5, 0.6) is 0 Å². The summed E-state index contributed by atoms with van der Waals surface area (Å²) in [6.45, 7) is 0.871. The molecule has 0 rings (SSSR count). The van der Waals surface area contributed by atoms with Gasteiger partial charge in [0.15, 0.2) is 0 Å². The van der Waals surface area contributed by atoms with Crippen molar-refractivity contribution in [2.45, 2.75) is 89.9 Å². The van der Waals surface area contributed by atoms with Crippen LogP contribution in [0.25, 0.3) is 0 Å². The maximum Gasteiger partial charge on any atom is 0.00313 e. The summed E-state index contributed by atoms with van der Waals surface area (Å²) in [6.07, 6.45) is 19.7. The monoisotopic (exact) mass is 319 g/mol. The van der Waals surface area contributed by atoms with Crippen molar-refractivity contribution >= 4 is 15.9 Å². The predicted molar refractivity (Wildman–Crippen MR) is 87.5 cm³/mol. The zero-order valence-electron chi connectivity index (χ0n) is 12.3. The first-order valence-corrected chi connectivity index (χ1v) is 9.30. The smallest absolute Gasteiger partial charge is 0.00313 e. The molecule has 2 N–H and O–H groups in total. The molecule has 0 aromatic carbocycles. The molecule has 0 aliphatic rings. The zero-order chi connectivity index (χ0) is 13.3. The second-order valence-corrected chi connectivity index (χ2v) is 6.22. The summed E-state index contributed by atoms with van der Waals surface area (Å²) >= 11 is 3.48. The third kappa shape index (κ3) is 16.4. The molecular formula is C16H34BrN. The van der Waals surface area contributed by atoms with Gasteiger partial charge in [-0.1, -0.05) is 93.0 Å². The molecule has 110 valence electrons. The highest BCUT2D eigenvalue weighted by Crippen LogP contribution is 2.12. The van der Waals surface area contributed by atoms with E-state index in [1.165, 1.54) is 95.2 Å². The third-order valence-electron chi connectivity index (χ3n) is 3.59. The second kappa shape index (κ2) is 17.4. The van der Waals surface area contributed by atoms with Gasteiger partial charge in [-0.25, -0.2) is 0 Å². The number of halogens is 1. The Kier molecular flexibility index (Phi) is 17.9. The Balaban J connectivity index is 2.86. The number of unbranched alkanes of at least 4 members (excludes halogenated alkanes) is 13. The number of alkyl halides is 1. The number of nitrogens with two attached hydrogens (primary N) is 1. The first kappa shape index (κ1) is 18.4. The van der Waals surface area contributed by atoms with E-state index in [9.17, 15) is 0 Å². The summed E-state index contributed by atoms with van der Waals surface area (Å²) in [4.78, 5) is 0. The molecule has 0 aliphatic carbocycles. The van der Waals surface area contributed by atoms with Crippen molar-refractivity contribution < 1.29 is 0 Å². The molecule has 0 unspecified atom stereocenters. The lowest BCUT2D eigenvalue weighted by Crippen LogP contribution is -1.97. The predicted octanol–water partition coefficient (Wildman–Crippen LogP) is 5.80. The van der Waals surface area contributed by atoms with E-state index in [0.717, 1.165) is 6.54 Å². The van der Waals surface area contributed by atoms with E-state index in [1.54, 1.807) is 0 Å². The topological polar surface area (TPSA) is 26.0 Å². The molecule has 0 spiro atoms. The molecule has 0 aromatic rings. The van der Waals surface area contributed by atoms with E-state index in [-0.39, 0.29) is 0 Å². The van der Waals surface area contributed by atoms with Gasteiger partial charge < -0.3 is 5.73 Å². The Morgan fingerprint density at radius 3 is 1.00 bits per heavy atom. The molecule has 0 aliphatic heterocycles. The molecule has 0 aromatic heterocycles. The molecule has 0 bridgehead atoms. The van der Waals surface area contributed by atoms with E-state index < -0.39 is 0 Å². The normalized spacial score (nSPS) is 11.0. The molecule has 18 heavy (non-hydrogen) atoms. The number of rotatable bonds is 15. The van der Waals surface area contributed by atoms with Crippen LogP contribution >= 0.6 is 15.9 Å². The average molecular weight is 320 g/mol. The van der Waals surface area contributed by atoms with E-state index in [2.05, 4.69) is 15.9 Å². The van der Waals surface area contributed by atoms with Crippen LogP contribution in [0.2, 0.25) is 0 Å². The van der Waals surface area contributed by atoms with Gasteiger partial charge in [0.1, 0.15) is 0 Å². The highest BCUT2D eigenvalue weighted by atomic mass is 79.9. The van der Waals surface area contributed by atoms with Crippen LogP contribution < -0.4 is 5.73 Å². The molecule has 0 atom stereocenters. The summed E-state index contributed by atoms with van der Waals surface area (Å²) in [5.41, 5.74) is 5.47. The lowest BCUT2D eigenvalue weighted by Gasteiger charge is -2.02. The molecule has 0 radical (unpaired) electrons. The summed E-state index contributed by atoms with van der Waals surface area (Å²) in [6, 6.07) is 0. The summed E-state index contributed by atoms with van der Waals surface area (Å²) in [5, 5.41) is 1.18. The molecule has 0 heterocycles. The van der Waals surface area contributed by atoms with Crippen molar-refractivity contribution in [2.24, 2.45) is 5.73 Å². The summed E-state index contributed by atoms with van der Waals surface area (Å²) < 4.78 is 0. The van der Waals surface area contributed by atoms with Crippen molar-refractivity contribution in [1.82, 2.24) is 0 Å². The standard InChI is InChI=1S/C16H34BrN/c17-15-13-11-9-7-5-3-1-2-4-6-8-10-12-14-16-18/h1-16,18H2. The maximum absolute atomic E-state index is 5.47. The van der Waals surface area contributed by atoms with E-state index in [1.807, 2.05) is 0 Å². The lowest BCUT2D eigenvalue weighted by molar-refractivity contribution is 0.537. The Bertz CT molecular complexity index is 123. The minimum absolute atomic E-state index is 0.871. The Morgan fingerprint density at radius 2 is 0.722 bits per heavy atom. The highest BCUT2D eigenvalue weighted by Gasteiger charge is 1.93. The van der Waals surface area contributed by atoms with Crippen LogP contribution in [-0.2, 0) is 0 Å². The molecule has 0 amide bonds. The van der Waals surface area contributed by atoms with Crippen LogP contribution in [-0.4, -0.2) is 11.9 Å². The fourth-order valence-corrected chi connectivity index (χ4v) is 2.76. The van der Waals surface area contributed by atoms with Crippen LogP contribution in [0.15, 0.2) is 0 Å². The first-order valence-electron chi connectivity index (χ1n) is 8.18. The molecule has 0 saturated carbocycles. The average Bonchev–Trinajstić information content (AvgIpc) is 2.39. The van der Waals surface area contributed by atoms with Crippen molar-refractivity contribution in [3.63, 3.8) is 0 Å². The van der Waals surface area contributed by atoms with E-state index in [4.69, 9.17) is 5.73 Å². The van der Waals surface area contributed by atoms with Gasteiger partial charge in [-0.3, -0.25) is 0 Å². The number of hydrogen-bond acceptors (Lipinski definition) is 1. The summed E-state index contributed by atoms with van der Waals surface area (Å²) in [5.74, 6) is 0. The molecule has 0 saturated heterocycles. The van der Waals surface area contributed by atoms with Gasteiger partial charge in [0.05, 0.1) is 0 Å². The number of hydrogen-bond donors (Lipinski definition) is 1. The van der Waals surface area contributed by atoms with Crippen molar-refractivity contribution in [2.75, 3.05) is 11.9 Å². The quantitative estimate of drug-likeness (QED) is 0.299. The molecule has 1 nitrogen and oxygen atoms in total. The van der Waals surface area contributed by atoms with Crippen molar-refractivity contribution in [1.29, 1.82) is 0 Å². The largest absolute Gasteiger partial charge is 0.330 e. The van der Waals surface area contributed by atoms with E-state index in [0.29, 0.717) is 0 Å². The van der Waals surface area contributed by atoms with Crippen LogP contribution in [0.4, 0.5) is 0 Å². The molecule has 2 heteroatoms. The van der Waals surface area contributed by atoms with Gasteiger partial charge in [-0.05, 0) is 19.4 Å². The van der Waals surface area contributed by atoms with Crippen LogP contribution in [0.3, 0.4) is 0 Å². The fourth-order valence-electron chi connectivity index (χ4n) is 2.36. The molecule has 0 fully saturated rings. The van der Waals surface area contributed by atoms with Gasteiger partial charge in [0.25, 0.3) is 0 Å². The minimum Gasteiger partial charge on any atom is -0.330 e. The lowest BCUT2D eigenvalue weighted by atomic mass is 10.0. The Labute approximate surface area is 123 Å². The molecular weight excluding hydrogens is 286 g/mol. The van der Waals surface area contributed by atoms with Crippen LogP contribution in [0.1, 0.15) is 89.9 Å². The second-order valence-electron chi connectivity index (χ2n) is 5.43.